The largest absolute Gasteiger partial charge is 3.00 e. The van der Waals surface area contributed by atoms with Crippen molar-refractivity contribution < 1.29 is 56.0 Å². The van der Waals surface area contributed by atoms with E-state index in [1.54, 1.807) is 14.2 Å². The molecule has 5 heteroatoms. The fourth-order valence-electron chi connectivity index (χ4n) is 1.53. The molecule has 0 fully saturated rings. The number of hydrogen-bond donors (Lipinski definition) is 0. The Morgan fingerprint density at radius 3 is 2.19 bits per heavy atom. The van der Waals surface area contributed by atoms with Gasteiger partial charge in [0.25, 0.3) is 0 Å². The minimum Gasteiger partial charge on any atom is -1.00 e. The van der Waals surface area contributed by atoms with Crippen LogP contribution in [0.4, 0.5) is 0 Å². The first kappa shape index (κ1) is 18.1. The van der Waals surface area contributed by atoms with Crippen LogP contribution in [0, 0.1) is 0 Å². The number of rotatable bonds is 2. The van der Waals surface area contributed by atoms with Crippen LogP contribution in [0.3, 0.4) is 0 Å². The maximum Gasteiger partial charge on any atom is 3.00 e. The predicted molar refractivity (Wildman–Crippen MR) is 52.6 cm³/mol. The molecule has 0 spiro atoms. The SMILES string of the molecule is COc1[cH-]c2ccccc2c1OC.[Cl-].[Cl-].[Ti+3]. The average Bonchev–Trinajstić information content (AvgIpc) is 2.55. The van der Waals surface area contributed by atoms with Crippen LogP contribution in [0.5, 0.6) is 11.5 Å². The average molecular weight is 294 g/mol. The summed E-state index contributed by atoms with van der Waals surface area (Å²) >= 11 is 0. The summed E-state index contributed by atoms with van der Waals surface area (Å²) < 4.78 is 10.5. The maximum absolute atomic E-state index is 5.26. The molecule has 0 bridgehead atoms. The van der Waals surface area contributed by atoms with Crippen molar-refractivity contribution in [2.45, 2.75) is 0 Å². The molecule has 0 aliphatic carbocycles. The molecule has 0 N–H and O–H groups in total. The summed E-state index contributed by atoms with van der Waals surface area (Å²) in [5.74, 6) is 1.61. The molecular formula is C11H11Cl2O2Ti. The van der Waals surface area contributed by atoms with E-state index in [4.69, 9.17) is 9.47 Å². The molecule has 0 aliphatic heterocycles. The Hall–Kier alpha value is -0.276. The van der Waals surface area contributed by atoms with E-state index in [0.29, 0.717) is 0 Å². The number of methoxy groups -OCH3 is 2. The van der Waals surface area contributed by atoms with Crippen molar-refractivity contribution in [3.63, 3.8) is 0 Å². The van der Waals surface area contributed by atoms with E-state index in [1.807, 2.05) is 30.3 Å². The zero-order valence-corrected chi connectivity index (χ0v) is 12.0. The molecule has 2 aromatic carbocycles. The molecule has 0 amide bonds. The van der Waals surface area contributed by atoms with Crippen molar-refractivity contribution in [3.8, 4) is 11.5 Å². The standard InChI is InChI=1S/C11H11O2.2ClH.Ti/c1-12-10-7-8-5-3-4-6-9(8)11(10)13-2;;;/h3-7H,1-2H3;2*1H;/q-1;;;+3/p-2. The fourth-order valence-corrected chi connectivity index (χ4v) is 1.53. The summed E-state index contributed by atoms with van der Waals surface area (Å²) in [5.41, 5.74) is 0. The summed E-state index contributed by atoms with van der Waals surface area (Å²) in [6, 6.07) is 10.0. The Morgan fingerprint density at radius 2 is 1.62 bits per heavy atom. The second-order valence-electron chi connectivity index (χ2n) is 2.83. The van der Waals surface area contributed by atoms with E-state index in [-0.39, 0.29) is 46.5 Å². The van der Waals surface area contributed by atoms with Gasteiger partial charge in [-0.25, -0.2) is 0 Å². The third kappa shape index (κ3) is 3.11. The Kier molecular flexibility index (Phi) is 8.95. The van der Waals surface area contributed by atoms with Gasteiger partial charge in [0, 0.05) is 0 Å². The monoisotopic (exact) mass is 293 g/mol. The first-order chi connectivity index (χ1) is 6.36. The molecule has 2 rings (SSSR count). The van der Waals surface area contributed by atoms with Crippen LogP contribution in [0.1, 0.15) is 0 Å². The number of hydrogen-bond acceptors (Lipinski definition) is 2. The minimum absolute atomic E-state index is 0. The van der Waals surface area contributed by atoms with Gasteiger partial charge in [-0.1, -0.05) is 11.5 Å². The zero-order chi connectivity index (χ0) is 9.26. The van der Waals surface area contributed by atoms with Gasteiger partial charge in [0.15, 0.2) is 0 Å². The van der Waals surface area contributed by atoms with Crippen LogP contribution >= 0.6 is 0 Å². The van der Waals surface area contributed by atoms with Crippen molar-refractivity contribution in [2.75, 3.05) is 14.2 Å². The summed E-state index contributed by atoms with van der Waals surface area (Å²) in [6.45, 7) is 0. The van der Waals surface area contributed by atoms with Crippen LogP contribution in [0.15, 0.2) is 30.3 Å². The van der Waals surface area contributed by atoms with Gasteiger partial charge < -0.3 is 34.3 Å². The van der Waals surface area contributed by atoms with E-state index in [0.717, 1.165) is 22.3 Å². The van der Waals surface area contributed by atoms with Crippen molar-refractivity contribution in [1.82, 2.24) is 0 Å². The smallest absolute Gasteiger partial charge is 1.00 e. The van der Waals surface area contributed by atoms with E-state index >= 15 is 0 Å². The quantitative estimate of drug-likeness (QED) is 0.424. The molecule has 1 radical (unpaired) electrons. The molecule has 0 atom stereocenters. The van der Waals surface area contributed by atoms with Gasteiger partial charge in [0.2, 0.25) is 0 Å². The molecule has 0 aliphatic rings. The van der Waals surface area contributed by atoms with Crippen molar-refractivity contribution in [1.29, 1.82) is 0 Å². The molecule has 16 heavy (non-hydrogen) atoms. The van der Waals surface area contributed by atoms with Crippen LogP contribution in [0.25, 0.3) is 10.8 Å². The van der Waals surface area contributed by atoms with Gasteiger partial charge in [0.1, 0.15) is 0 Å². The van der Waals surface area contributed by atoms with E-state index in [2.05, 4.69) is 0 Å². The third-order valence-electron chi connectivity index (χ3n) is 2.14. The first-order valence-corrected chi connectivity index (χ1v) is 4.13. The molecule has 0 unspecified atom stereocenters. The van der Waals surface area contributed by atoms with Gasteiger partial charge in [-0.3, -0.25) is 0 Å². The molecule has 85 valence electrons. The van der Waals surface area contributed by atoms with Gasteiger partial charge in [-0.05, 0) is 0 Å². The van der Waals surface area contributed by atoms with Gasteiger partial charge in [0.05, 0.1) is 25.7 Å². The van der Waals surface area contributed by atoms with Gasteiger partial charge in [-0.15, -0.1) is 29.7 Å². The normalized spacial score (nSPS) is 8.38. The Labute approximate surface area is 122 Å². The predicted octanol–water partition coefficient (Wildman–Crippen LogP) is -3.42. The summed E-state index contributed by atoms with van der Waals surface area (Å²) in [6.07, 6.45) is 0. The molecule has 2 nitrogen and oxygen atoms in total. The van der Waals surface area contributed by atoms with Gasteiger partial charge >= 0.3 is 21.7 Å². The first-order valence-electron chi connectivity index (χ1n) is 4.13. The van der Waals surface area contributed by atoms with E-state index in [9.17, 15) is 0 Å². The number of halogens is 2. The Balaban J connectivity index is 0. The maximum atomic E-state index is 5.26. The zero-order valence-electron chi connectivity index (χ0n) is 8.96. The van der Waals surface area contributed by atoms with Crippen molar-refractivity contribution in [3.05, 3.63) is 30.3 Å². The summed E-state index contributed by atoms with van der Waals surface area (Å²) in [4.78, 5) is 0. The molecule has 0 saturated heterocycles. The Bertz CT molecular complexity index is 429. The van der Waals surface area contributed by atoms with Crippen LogP contribution in [-0.4, -0.2) is 14.2 Å². The minimum atomic E-state index is 0. The number of fused-ring (bicyclic) bond motifs is 1. The Morgan fingerprint density at radius 1 is 1.00 bits per heavy atom. The molecule has 0 saturated carbocycles. The van der Waals surface area contributed by atoms with Crippen LogP contribution in [0.2, 0.25) is 0 Å². The van der Waals surface area contributed by atoms with Crippen molar-refractivity contribution >= 4 is 10.8 Å². The third-order valence-corrected chi connectivity index (χ3v) is 2.14. The van der Waals surface area contributed by atoms with Gasteiger partial charge in [-0.2, -0.15) is 0 Å². The number of ether oxygens (including phenoxy) is 2. The topological polar surface area (TPSA) is 18.5 Å². The number of benzene rings is 1. The molecule has 2 aromatic rings. The molecule has 0 aromatic heterocycles. The second-order valence-corrected chi connectivity index (χ2v) is 2.83. The second kappa shape index (κ2) is 7.91. The van der Waals surface area contributed by atoms with Crippen LogP contribution < -0.4 is 34.3 Å². The summed E-state index contributed by atoms with van der Waals surface area (Å²) in [5, 5.41) is 2.25. The molecular weight excluding hydrogens is 283 g/mol. The van der Waals surface area contributed by atoms with E-state index in [1.165, 1.54) is 0 Å². The van der Waals surface area contributed by atoms with Crippen LogP contribution in [-0.2, 0) is 21.7 Å². The fraction of sp³-hybridized carbons (Fsp3) is 0.182. The molecule has 0 heterocycles. The van der Waals surface area contributed by atoms with E-state index < -0.39 is 0 Å². The summed E-state index contributed by atoms with van der Waals surface area (Å²) in [7, 11) is 3.31. The van der Waals surface area contributed by atoms with Crippen molar-refractivity contribution in [2.24, 2.45) is 0 Å².